The van der Waals surface area contributed by atoms with Crippen LogP contribution in [-0.2, 0) is 13.6 Å². The summed E-state index contributed by atoms with van der Waals surface area (Å²) in [6.45, 7) is 6.14. The van der Waals surface area contributed by atoms with Gasteiger partial charge in [-0.15, -0.1) is 0 Å². The van der Waals surface area contributed by atoms with Gasteiger partial charge in [0.2, 0.25) is 0 Å². The van der Waals surface area contributed by atoms with Gasteiger partial charge in [-0.25, -0.2) is 13.8 Å². The lowest BCUT2D eigenvalue weighted by atomic mass is 10.0. The number of ether oxygens (including phenoxy) is 1. The number of rotatable bonds is 8. The summed E-state index contributed by atoms with van der Waals surface area (Å²) in [6, 6.07) is 13.8. The van der Waals surface area contributed by atoms with E-state index in [9.17, 15) is 13.6 Å². The van der Waals surface area contributed by atoms with E-state index in [-0.39, 0.29) is 12.5 Å². The van der Waals surface area contributed by atoms with Crippen LogP contribution in [0.2, 0.25) is 0 Å². The Morgan fingerprint density at radius 2 is 1.86 bits per heavy atom. The monoisotopic (exact) mass is 475 g/mol. The zero-order chi connectivity index (χ0) is 24.9. The Hall–Kier alpha value is -4.53. The largest absolute Gasteiger partial charge is 0.457 e. The van der Waals surface area contributed by atoms with Crippen LogP contribution in [0.25, 0.3) is 5.70 Å². The highest BCUT2D eigenvalue weighted by atomic mass is 19.1. The van der Waals surface area contributed by atoms with Crippen LogP contribution in [0.5, 0.6) is 11.5 Å². The highest BCUT2D eigenvalue weighted by Gasteiger charge is 2.13. The molecule has 4 aromatic rings. The molecule has 1 amide bonds. The molecular weight excluding hydrogens is 452 g/mol. The Morgan fingerprint density at radius 1 is 1.09 bits per heavy atom. The van der Waals surface area contributed by atoms with E-state index in [1.165, 1.54) is 29.2 Å². The van der Waals surface area contributed by atoms with E-state index in [1.807, 2.05) is 25.1 Å². The summed E-state index contributed by atoms with van der Waals surface area (Å²) in [5.74, 6) is -0.213. The lowest BCUT2D eigenvalue weighted by Crippen LogP contribution is -2.16. The van der Waals surface area contributed by atoms with Gasteiger partial charge in [0.1, 0.15) is 34.6 Å². The molecular formula is C26H23F2N5O2. The third-order valence-corrected chi connectivity index (χ3v) is 5.29. The molecule has 0 saturated carbocycles. The van der Waals surface area contributed by atoms with E-state index < -0.39 is 11.6 Å². The van der Waals surface area contributed by atoms with Gasteiger partial charge >= 0.3 is 0 Å². The Labute approximate surface area is 201 Å². The number of halogens is 2. The molecule has 2 heterocycles. The fourth-order valence-electron chi connectivity index (χ4n) is 3.52. The van der Waals surface area contributed by atoms with Gasteiger partial charge in [-0.3, -0.25) is 9.48 Å². The zero-order valence-corrected chi connectivity index (χ0v) is 19.2. The zero-order valence-electron chi connectivity index (χ0n) is 19.2. The summed E-state index contributed by atoms with van der Waals surface area (Å²) in [5.41, 5.74) is 3.04. The first-order valence-electron chi connectivity index (χ1n) is 10.7. The number of amides is 1. The molecule has 2 N–H and O–H groups in total. The summed E-state index contributed by atoms with van der Waals surface area (Å²) in [5, 5.41) is 9.82. The first-order chi connectivity index (χ1) is 16.8. The van der Waals surface area contributed by atoms with Gasteiger partial charge in [0.05, 0.1) is 0 Å². The maximum Gasteiger partial charge on any atom is 0.275 e. The van der Waals surface area contributed by atoms with Gasteiger partial charge in [0.25, 0.3) is 5.91 Å². The molecule has 0 unspecified atom stereocenters. The quantitative estimate of drug-likeness (QED) is 0.366. The molecule has 0 fully saturated rings. The lowest BCUT2D eigenvalue weighted by Gasteiger charge is -2.16. The Morgan fingerprint density at radius 3 is 2.57 bits per heavy atom. The van der Waals surface area contributed by atoms with Crippen LogP contribution in [0.3, 0.4) is 0 Å². The average molecular weight is 475 g/mol. The van der Waals surface area contributed by atoms with Crippen molar-refractivity contribution in [3.8, 4) is 11.5 Å². The third kappa shape index (κ3) is 5.70. The predicted molar refractivity (Wildman–Crippen MR) is 129 cm³/mol. The van der Waals surface area contributed by atoms with E-state index in [1.54, 1.807) is 25.2 Å². The molecule has 9 heteroatoms. The number of nitrogens with zero attached hydrogens (tertiary/aromatic N) is 3. The van der Waals surface area contributed by atoms with Gasteiger partial charge in [0, 0.05) is 54.9 Å². The van der Waals surface area contributed by atoms with Crippen molar-refractivity contribution in [3.05, 3.63) is 108 Å². The molecule has 35 heavy (non-hydrogen) atoms. The lowest BCUT2D eigenvalue weighted by molar-refractivity contribution is 0.101. The summed E-state index contributed by atoms with van der Waals surface area (Å²) < 4.78 is 34.4. The number of pyridine rings is 1. The highest BCUT2D eigenvalue weighted by Crippen LogP contribution is 2.30. The molecule has 178 valence electrons. The number of aromatic nitrogens is 3. The SMILES string of the molecule is C=C(NCc1cc(F)cc(F)c1)c1cccc(Oc2ccnc(NC(=O)c3ccnn3C)c2)c1C. The standard InChI is InChI=1S/C26H23F2N5O2/c1-16-22(17(2)30-15-18-11-19(27)13-20(28)12-18)5-4-6-24(16)35-21-7-9-29-25(14-21)32-26(34)23-8-10-31-33(23)3/h4-14,30H,2,15H2,1,3H3,(H,29,32,34). The Balaban J connectivity index is 1.46. The molecule has 0 aliphatic heterocycles. The van der Waals surface area contributed by atoms with Crippen molar-refractivity contribution < 1.29 is 18.3 Å². The molecule has 0 aliphatic carbocycles. The van der Waals surface area contributed by atoms with E-state index in [2.05, 4.69) is 27.3 Å². The summed E-state index contributed by atoms with van der Waals surface area (Å²) in [6.07, 6.45) is 3.07. The average Bonchev–Trinajstić information content (AvgIpc) is 3.24. The van der Waals surface area contributed by atoms with Crippen molar-refractivity contribution in [2.75, 3.05) is 5.32 Å². The summed E-state index contributed by atoms with van der Waals surface area (Å²) >= 11 is 0. The van der Waals surface area contributed by atoms with Crippen LogP contribution >= 0.6 is 0 Å². The Kier molecular flexibility index (Phi) is 6.86. The summed E-state index contributed by atoms with van der Waals surface area (Å²) in [4.78, 5) is 16.6. The van der Waals surface area contributed by atoms with Crippen LogP contribution in [0.15, 0.2) is 73.6 Å². The molecule has 2 aromatic heterocycles. The first kappa shape index (κ1) is 23.6. The number of aryl methyl sites for hydroxylation is 1. The van der Waals surface area contributed by atoms with Crippen molar-refractivity contribution in [2.45, 2.75) is 13.5 Å². The minimum Gasteiger partial charge on any atom is -0.457 e. The number of hydrogen-bond acceptors (Lipinski definition) is 5. The topological polar surface area (TPSA) is 81.1 Å². The van der Waals surface area contributed by atoms with Gasteiger partial charge in [0.15, 0.2) is 0 Å². The third-order valence-electron chi connectivity index (χ3n) is 5.29. The van der Waals surface area contributed by atoms with Crippen molar-refractivity contribution in [3.63, 3.8) is 0 Å². The molecule has 7 nitrogen and oxygen atoms in total. The van der Waals surface area contributed by atoms with Crippen LogP contribution in [0.4, 0.5) is 14.6 Å². The summed E-state index contributed by atoms with van der Waals surface area (Å²) in [7, 11) is 1.68. The fraction of sp³-hybridized carbons (Fsp3) is 0.115. The van der Waals surface area contributed by atoms with Crippen molar-refractivity contribution in [2.24, 2.45) is 7.05 Å². The Bertz CT molecular complexity index is 1380. The van der Waals surface area contributed by atoms with E-state index >= 15 is 0 Å². The second-order valence-corrected chi connectivity index (χ2v) is 7.81. The number of nitrogens with one attached hydrogen (secondary N) is 2. The van der Waals surface area contributed by atoms with Crippen LogP contribution in [0.1, 0.15) is 27.2 Å². The molecule has 0 aliphatic rings. The number of anilines is 1. The molecule has 0 saturated heterocycles. The maximum atomic E-state index is 13.4. The van der Waals surface area contributed by atoms with Gasteiger partial charge in [-0.2, -0.15) is 5.10 Å². The fourth-order valence-corrected chi connectivity index (χ4v) is 3.52. The van der Waals surface area contributed by atoms with E-state index in [0.717, 1.165) is 17.2 Å². The minimum atomic E-state index is -0.632. The van der Waals surface area contributed by atoms with E-state index in [4.69, 9.17) is 4.74 Å². The van der Waals surface area contributed by atoms with Crippen molar-refractivity contribution in [1.82, 2.24) is 20.1 Å². The van der Waals surface area contributed by atoms with E-state index in [0.29, 0.717) is 34.3 Å². The molecule has 4 rings (SSSR count). The minimum absolute atomic E-state index is 0.210. The number of carbonyl (C=O) groups excluding carboxylic acids is 1. The second-order valence-electron chi connectivity index (χ2n) is 7.81. The smallest absolute Gasteiger partial charge is 0.275 e. The predicted octanol–water partition coefficient (Wildman–Crippen LogP) is 5.21. The second kappa shape index (κ2) is 10.2. The highest BCUT2D eigenvalue weighted by molar-refractivity contribution is 6.02. The van der Waals surface area contributed by atoms with Gasteiger partial charge < -0.3 is 15.4 Å². The number of benzene rings is 2. The number of carbonyl (C=O) groups is 1. The molecule has 0 atom stereocenters. The molecule has 2 aromatic carbocycles. The molecule has 0 spiro atoms. The number of hydrogen-bond donors (Lipinski definition) is 2. The van der Waals surface area contributed by atoms with Crippen molar-refractivity contribution >= 4 is 17.4 Å². The van der Waals surface area contributed by atoms with Crippen LogP contribution in [-0.4, -0.2) is 20.7 Å². The molecule has 0 radical (unpaired) electrons. The van der Waals surface area contributed by atoms with Crippen LogP contribution in [0, 0.1) is 18.6 Å². The van der Waals surface area contributed by atoms with Gasteiger partial charge in [-0.1, -0.05) is 18.7 Å². The van der Waals surface area contributed by atoms with Crippen LogP contribution < -0.4 is 15.4 Å². The maximum absolute atomic E-state index is 13.4. The van der Waals surface area contributed by atoms with Crippen molar-refractivity contribution in [1.29, 1.82) is 0 Å². The first-order valence-corrected chi connectivity index (χ1v) is 10.7. The van der Waals surface area contributed by atoms with Gasteiger partial charge in [-0.05, 0) is 42.8 Å². The normalized spacial score (nSPS) is 10.6. The molecule has 0 bridgehead atoms.